The van der Waals surface area contributed by atoms with Crippen LogP contribution in [0.15, 0.2) is 0 Å². The van der Waals surface area contributed by atoms with Crippen molar-refractivity contribution >= 4 is 5.91 Å². The molecule has 0 aliphatic carbocycles. The van der Waals surface area contributed by atoms with Crippen molar-refractivity contribution in [2.45, 2.75) is 44.7 Å². The first-order chi connectivity index (χ1) is 8.74. The number of rotatable bonds is 3. The SMILES string of the molecule is CC(C(=O)NC1CCN2CCCC2C1)C1CNC1. The van der Waals surface area contributed by atoms with Gasteiger partial charge in [0, 0.05) is 24.5 Å². The lowest BCUT2D eigenvalue weighted by atomic mass is 9.87. The van der Waals surface area contributed by atoms with E-state index in [9.17, 15) is 4.79 Å². The first kappa shape index (κ1) is 12.4. The molecule has 0 aromatic heterocycles. The Kier molecular flexibility index (Phi) is 3.57. The van der Waals surface area contributed by atoms with E-state index >= 15 is 0 Å². The zero-order valence-electron chi connectivity index (χ0n) is 11.3. The van der Waals surface area contributed by atoms with Gasteiger partial charge in [0.15, 0.2) is 0 Å². The normalized spacial score (nSPS) is 34.7. The van der Waals surface area contributed by atoms with Crippen LogP contribution in [0.4, 0.5) is 0 Å². The fraction of sp³-hybridized carbons (Fsp3) is 0.929. The van der Waals surface area contributed by atoms with Gasteiger partial charge in [-0.25, -0.2) is 0 Å². The summed E-state index contributed by atoms with van der Waals surface area (Å²) in [6, 6.07) is 1.16. The van der Waals surface area contributed by atoms with E-state index in [4.69, 9.17) is 0 Å². The van der Waals surface area contributed by atoms with E-state index in [0.29, 0.717) is 12.0 Å². The molecule has 3 aliphatic heterocycles. The average Bonchev–Trinajstić information content (AvgIpc) is 2.73. The number of nitrogens with one attached hydrogen (secondary N) is 2. The van der Waals surface area contributed by atoms with Crippen molar-refractivity contribution in [3.05, 3.63) is 0 Å². The Balaban J connectivity index is 1.48. The molecule has 0 bridgehead atoms. The standard InChI is InChI=1S/C14H25N3O/c1-10(11-8-15-9-11)14(18)16-12-4-6-17-5-2-3-13(17)7-12/h10-13,15H,2-9H2,1H3,(H,16,18). The first-order valence-corrected chi connectivity index (χ1v) is 7.49. The van der Waals surface area contributed by atoms with Crippen molar-refractivity contribution < 1.29 is 4.79 Å². The monoisotopic (exact) mass is 251 g/mol. The summed E-state index contributed by atoms with van der Waals surface area (Å²) in [5, 5.41) is 6.53. The van der Waals surface area contributed by atoms with E-state index < -0.39 is 0 Å². The summed E-state index contributed by atoms with van der Waals surface area (Å²) >= 11 is 0. The molecule has 3 unspecified atom stereocenters. The minimum absolute atomic E-state index is 0.174. The third kappa shape index (κ3) is 2.41. The van der Waals surface area contributed by atoms with Crippen LogP contribution in [0, 0.1) is 11.8 Å². The molecule has 18 heavy (non-hydrogen) atoms. The summed E-state index contributed by atoms with van der Waals surface area (Å²) in [7, 11) is 0. The Morgan fingerprint density at radius 3 is 2.89 bits per heavy atom. The lowest BCUT2D eigenvalue weighted by molar-refractivity contribution is -0.127. The van der Waals surface area contributed by atoms with Crippen LogP contribution in [0.25, 0.3) is 0 Å². The molecule has 3 heterocycles. The van der Waals surface area contributed by atoms with E-state index in [1.165, 1.54) is 32.4 Å². The second kappa shape index (κ2) is 5.17. The summed E-state index contributed by atoms with van der Waals surface area (Å²) < 4.78 is 0. The molecule has 0 radical (unpaired) electrons. The highest BCUT2D eigenvalue weighted by molar-refractivity contribution is 5.79. The Morgan fingerprint density at radius 2 is 2.17 bits per heavy atom. The van der Waals surface area contributed by atoms with Crippen molar-refractivity contribution in [2.24, 2.45) is 11.8 Å². The first-order valence-electron chi connectivity index (χ1n) is 7.49. The van der Waals surface area contributed by atoms with Crippen molar-refractivity contribution in [3.63, 3.8) is 0 Å². The minimum Gasteiger partial charge on any atom is -0.353 e. The maximum atomic E-state index is 12.2. The molecular formula is C14H25N3O. The van der Waals surface area contributed by atoms with Crippen LogP contribution in [0.5, 0.6) is 0 Å². The van der Waals surface area contributed by atoms with Gasteiger partial charge in [-0.2, -0.15) is 0 Å². The van der Waals surface area contributed by atoms with Gasteiger partial charge in [-0.1, -0.05) is 6.92 Å². The Hall–Kier alpha value is -0.610. The number of carbonyl (C=O) groups excluding carboxylic acids is 1. The van der Waals surface area contributed by atoms with Crippen LogP contribution < -0.4 is 10.6 Å². The summed E-state index contributed by atoms with van der Waals surface area (Å²) in [4.78, 5) is 14.8. The van der Waals surface area contributed by atoms with E-state index in [1.807, 2.05) is 0 Å². The average molecular weight is 251 g/mol. The van der Waals surface area contributed by atoms with Gasteiger partial charge in [-0.3, -0.25) is 4.79 Å². The molecule has 3 fully saturated rings. The van der Waals surface area contributed by atoms with Crippen LogP contribution in [0.1, 0.15) is 32.6 Å². The number of fused-ring (bicyclic) bond motifs is 1. The van der Waals surface area contributed by atoms with Gasteiger partial charge in [-0.05, 0) is 51.2 Å². The zero-order valence-corrected chi connectivity index (χ0v) is 11.3. The molecule has 4 heteroatoms. The number of hydrogen-bond acceptors (Lipinski definition) is 3. The number of hydrogen-bond donors (Lipinski definition) is 2. The number of nitrogens with zero attached hydrogens (tertiary/aromatic N) is 1. The maximum absolute atomic E-state index is 12.2. The Morgan fingerprint density at radius 1 is 1.33 bits per heavy atom. The van der Waals surface area contributed by atoms with E-state index in [1.54, 1.807) is 0 Å². The molecule has 102 valence electrons. The van der Waals surface area contributed by atoms with Crippen molar-refractivity contribution in [2.75, 3.05) is 26.2 Å². The van der Waals surface area contributed by atoms with Gasteiger partial charge in [0.2, 0.25) is 5.91 Å². The van der Waals surface area contributed by atoms with Gasteiger partial charge in [0.1, 0.15) is 0 Å². The predicted molar refractivity (Wildman–Crippen MR) is 71.3 cm³/mol. The second-order valence-corrected chi connectivity index (χ2v) is 6.27. The molecule has 3 atom stereocenters. The fourth-order valence-corrected chi connectivity index (χ4v) is 3.57. The highest BCUT2D eigenvalue weighted by atomic mass is 16.1. The molecule has 0 aromatic rings. The number of carbonyl (C=O) groups is 1. The number of amides is 1. The topological polar surface area (TPSA) is 44.4 Å². The summed E-state index contributed by atoms with van der Waals surface area (Å²) in [6.07, 6.45) is 4.98. The lowest BCUT2D eigenvalue weighted by Gasteiger charge is -2.37. The zero-order chi connectivity index (χ0) is 12.5. The highest BCUT2D eigenvalue weighted by Crippen LogP contribution is 2.27. The quantitative estimate of drug-likeness (QED) is 0.771. The van der Waals surface area contributed by atoms with Crippen LogP contribution in [-0.4, -0.2) is 49.1 Å². The lowest BCUT2D eigenvalue weighted by Crippen LogP contribution is -2.53. The molecule has 0 spiro atoms. The number of piperidine rings is 1. The summed E-state index contributed by atoms with van der Waals surface area (Å²) in [6.45, 7) is 6.54. The molecule has 1 amide bonds. The third-order valence-corrected chi connectivity index (χ3v) is 5.10. The molecule has 4 nitrogen and oxygen atoms in total. The van der Waals surface area contributed by atoms with Gasteiger partial charge in [-0.15, -0.1) is 0 Å². The summed E-state index contributed by atoms with van der Waals surface area (Å²) in [5.74, 6) is 1.00. The minimum atomic E-state index is 0.174. The molecule has 2 N–H and O–H groups in total. The van der Waals surface area contributed by atoms with Crippen LogP contribution in [-0.2, 0) is 4.79 Å². The van der Waals surface area contributed by atoms with E-state index in [2.05, 4.69) is 22.5 Å². The summed E-state index contributed by atoms with van der Waals surface area (Å²) in [5.41, 5.74) is 0. The highest BCUT2D eigenvalue weighted by Gasteiger charge is 2.34. The molecule has 3 aliphatic rings. The van der Waals surface area contributed by atoms with Crippen LogP contribution in [0.3, 0.4) is 0 Å². The van der Waals surface area contributed by atoms with Crippen LogP contribution >= 0.6 is 0 Å². The van der Waals surface area contributed by atoms with Gasteiger partial charge in [0.05, 0.1) is 0 Å². The van der Waals surface area contributed by atoms with Gasteiger partial charge >= 0.3 is 0 Å². The maximum Gasteiger partial charge on any atom is 0.223 e. The van der Waals surface area contributed by atoms with E-state index in [0.717, 1.165) is 25.6 Å². The third-order valence-electron chi connectivity index (χ3n) is 5.10. The smallest absolute Gasteiger partial charge is 0.223 e. The molecule has 3 saturated heterocycles. The predicted octanol–water partition coefficient (Wildman–Crippen LogP) is 0.585. The van der Waals surface area contributed by atoms with E-state index in [-0.39, 0.29) is 11.8 Å². The second-order valence-electron chi connectivity index (χ2n) is 6.27. The van der Waals surface area contributed by atoms with Crippen LogP contribution in [0.2, 0.25) is 0 Å². The molecule has 0 saturated carbocycles. The van der Waals surface area contributed by atoms with Crippen molar-refractivity contribution in [3.8, 4) is 0 Å². The Labute approximate surface area is 109 Å². The molecular weight excluding hydrogens is 226 g/mol. The molecule has 3 rings (SSSR count). The fourth-order valence-electron chi connectivity index (χ4n) is 3.57. The largest absolute Gasteiger partial charge is 0.353 e. The van der Waals surface area contributed by atoms with Crippen molar-refractivity contribution in [1.29, 1.82) is 0 Å². The molecule has 0 aromatic carbocycles. The van der Waals surface area contributed by atoms with Gasteiger partial charge < -0.3 is 15.5 Å². The van der Waals surface area contributed by atoms with Crippen molar-refractivity contribution in [1.82, 2.24) is 15.5 Å². The van der Waals surface area contributed by atoms with Gasteiger partial charge in [0.25, 0.3) is 0 Å². The Bertz CT molecular complexity index is 316.